The quantitative estimate of drug-likeness (QED) is 0.417. The SMILES string of the molecule is Cc1cn(CCCOc2c(O)c(/C=C/C(=O)O)cc3ccoc23)c(=O)[nH]c1=O. The highest BCUT2D eigenvalue weighted by molar-refractivity contribution is 5.92. The second kappa shape index (κ2) is 7.87. The molecule has 0 unspecified atom stereocenters. The number of aromatic amines is 1. The van der Waals surface area contributed by atoms with Crippen molar-refractivity contribution in [1.82, 2.24) is 9.55 Å². The topological polar surface area (TPSA) is 135 Å². The van der Waals surface area contributed by atoms with Crippen molar-refractivity contribution < 1.29 is 24.2 Å². The van der Waals surface area contributed by atoms with Crippen molar-refractivity contribution >= 4 is 23.0 Å². The summed E-state index contributed by atoms with van der Waals surface area (Å²) in [7, 11) is 0. The van der Waals surface area contributed by atoms with Gasteiger partial charge >= 0.3 is 11.7 Å². The van der Waals surface area contributed by atoms with Crippen LogP contribution in [-0.2, 0) is 11.3 Å². The number of aliphatic carboxylic acids is 1. The summed E-state index contributed by atoms with van der Waals surface area (Å²) in [5.41, 5.74) is 0.107. The molecule has 0 saturated heterocycles. The number of fused-ring (bicyclic) bond motifs is 1. The molecule has 9 heteroatoms. The summed E-state index contributed by atoms with van der Waals surface area (Å²) in [6.07, 6.45) is 5.50. The average molecular weight is 386 g/mol. The van der Waals surface area contributed by atoms with Crippen LogP contribution in [-0.4, -0.2) is 32.3 Å². The van der Waals surface area contributed by atoms with E-state index < -0.39 is 17.2 Å². The minimum absolute atomic E-state index is 0.0949. The zero-order valence-electron chi connectivity index (χ0n) is 15.0. The fourth-order valence-corrected chi connectivity index (χ4v) is 2.71. The lowest BCUT2D eigenvalue weighted by Crippen LogP contribution is -2.31. The Morgan fingerprint density at radius 2 is 2.18 bits per heavy atom. The Kier molecular flexibility index (Phi) is 5.35. The predicted octanol–water partition coefficient (Wildman–Crippen LogP) is 1.86. The van der Waals surface area contributed by atoms with Crippen molar-refractivity contribution in [2.45, 2.75) is 19.9 Å². The van der Waals surface area contributed by atoms with Crippen LogP contribution in [0.1, 0.15) is 17.5 Å². The van der Waals surface area contributed by atoms with Crippen LogP contribution in [0.25, 0.3) is 17.0 Å². The van der Waals surface area contributed by atoms with E-state index in [1.54, 1.807) is 19.1 Å². The normalized spacial score (nSPS) is 11.3. The summed E-state index contributed by atoms with van der Waals surface area (Å²) in [5.74, 6) is -1.29. The minimum atomic E-state index is -1.14. The minimum Gasteiger partial charge on any atom is -0.504 e. The van der Waals surface area contributed by atoms with Crippen molar-refractivity contribution in [2.75, 3.05) is 6.61 Å². The lowest BCUT2D eigenvalue weighted by molar-refractivity contribution is -0.131. The number of carbonyl (C=O) groups is 1. The molecule has 3 N–H and O–H groups in total. The van der Waals surface area contributed by atoms with E-state index in [-0.39, 0.29) is 23.7 Å². The van der Waals surface area contributed by atoms with E-state index in [1.807, 2.05) is 0 Å². The van der Waals surface area contributed by atoms with Crippen LogP contribution in [0.4, 0.5) is 0 Å². The molecule has 0 aliphatic carbocycles. The van der Waals surface area contributed by atoms with Gasteiger partial charge in [0.15, 0.2) is 11.3 Å². The van der Waals surface area contributed by atoms with Crippen LogP contribution in [0.3, 0.4) is 0 Å². The molecular formula is C19H18N2O7. The molecule has 0 fully saturated rings. The van der Waals surface area contributed by atoms with Crippen LogP contribution in [0.2, 0.25) is 0 Å². The van der Waals surface area contributed by atoms with E-state index in [0.29, 0.717) is 29.5 Å². The van der Waals surface area contributed by atoms with Crippen LogP contribution >= 0.6 is 0 Å². The summed E-state index contributed by atoms with van der Waals surface area (Å²) < 4.78 is 12.4. The summed E-state index contributed by atoms with van der Waals surface area (Å²) in [4.78, 5) is 36.1. The van der Waals surface area contributed by atoms with Crippen molar-refractivity contribution in [3.63, 3.8) is 0 Å². The van der Waals surface area contributed by atoms with Gasteiger partial charge in [-0.25, -0.2) is 9.59 Å². The molecule has 0 amide bonds. The number of carboxylic acids is 1. The molecule has 9 nitrogen and oxygen atoms in total. The number of aryl methyl sites for hydroxylation is 2. The molecule has 0 aliphatic rings. The molecule has 1 aromatic carbocycles. The van der Waals surface area contributed by atoms with Gasteiger partial charge < -0.3 is 23.9 Å². The van der Waals surface area contributed by atoms with Crippen molar-refractivity contribution in [2.24, 2.45) is 0 Å². The summed E-state index contributed by atoms with van der Waals surface area (Å²) in [6.45, 7) is 2.06. The lowest BCUT2D eigenvalue weighted by Gasteiger charge is -2.11. The predicted molar refractivity (Wildman–Crippen MR) is 101 cm³/mol. The number of phenols is 1. The van der Waals surface area contributed by atoms with Crippen molar-refractivity contribution in [1.29, 1.82) is 0 Å². The van der Waals surface area contributed by atoms with Crippen LogP contribution in [0.5, 0.6) is 11.5 Å². The van der Waals surface area contributed by atoms with Gasteiger partial charge in [0, 0.05) is 35.3 Å². The van der Waals surface area contributed by atoms with Crippen LogP contribution < -0.4 is 16.0 Å². The van der Waals surface area contributed by atoms with Gasteiger partial charge in [-0.1, -0.05) is 0 Å². The second-order valence-corrected chi connectivity index (χ2v) is 6.12. The number of hydrogen-bond acceptors (Lipinski definition) is 6. The molecule has 0 aliphatic heterocycles. The number of aromatic nitrogens is 2. The van der Waals surface area contributed by atoms with Gasteiger partial charge in [-0.3, -0.25) is 9.78 Å². The smallest absolute Gasteiger partial charge is 0.328 e. The average Bonchev–Trinajstić information content (AvgIpc) is 3.10. The maximum absolute atomic E-state index is 11.8. The van der Waals surface area contributed by atoms with Gasteiger partial charge in [-0.15, -0.1) is 0 Å². The molecule has 0 spiro atoms. The summed E-state index contributed by atoms with van der Waals surface area (Å²) in [5, 5.41) is 19.8. The second-order valence-electron chi connectivity index (χ2n) is 6.12. The molecule has 2 aromatic heterocycles. The third-order valence-corrected chi connectivity index (χ3v) is 4.09. The Balaban J connectivity index is 1.77. The highest BCUT2D eigenvalue weighted by Crippen LogP contribution is 2.39. The molecule has 146 valence electrons. The third-order valence-electron chi connectivity index (χ3n) is 4.09. The number of ether oxygens (including phenoxy) is 1. The fraction of sp³-hybridized carbons (Fsp3) is 0.211. The number of benzene rings is 1. The molecule has 0 atom stereocenters. The number of aromatic hydroxyl groups is 1. The number of nitrogens with one attached hydrogen (secondary N) is 1. The molecule has 2 heterocycles. The van der Waals surface area contributed by atoms with Gasteiger partial charge in [0.2, 0.25) is 5.75 Å². The van der Waals surface area contributed by atoms with E-state index in [9.17, 15) is 19.5 Å². The van der Waals surface area contributed by atoms with Gasteiger partial charge in [0.1, 0.15) is 0 Å². The number of hydrogen-bond donors (Lipinski definition) is 3. The molecular weight excluding hydrogens is 368 g/mol. The first-order valence-corrected chi connectivity index (χ1v) is 8.44. The zero-order valence-corrected chi connectivity index (χ0v) is 15.0. The molecule has 28 heavy (non-hydrogen) atoms. The van der Waals surface area contributed by atoms with Gasteiger partial charge in [0.05, 0.1) is 12.9 Å². The Bertz CT molecular complexity index is 1170. The Morgan fingerprint density at radius 1 is 1.39 bits per heavy atom. The Morgan fingerprint density at radius 3 is 2.93 bits per heavy atom. The number of H-pyrrole nitrogens is 1. The monoisotopic (exact) mass is 386 g/mol. The number of furan rings is 1. The lowest BCUT2D eigenvalue weighted by atomic mass is 10.1. The van der Waals surface area contributed by atoms with Crippen LogP contribution in [0.15, 0.2) is 44.7 Å². The Labute approximate surface area is 158 Å². The largest absolute Gasteiger partial charge is 0.504 e. The summed E-state index contributed by atoms with van der Waals surface area (Å²) in [6, 6.07) is 3.26. The van der Waals surface area contributed by atoms with Crippen LogP contribution in [0, 0.1) is 6.92 Å². The standard InChI is InChI=1S/C19H18N2O7/c1-11-10-21(19(26)20-18(11)25)6-2-7-27-17-15(24)12(3-4-14(22)23)9-13-5-8-28-16(13)17/h3-5,8-10,24H,2,6-7H2,1H3,(H,22,23)(H,20,25,26)/b4-3+. The zero-order chi connectivity index (χ0) is 20.3. The number of rotatable bonds is 7. The Hall–Kier alpha value is -3.75. The van der Waals surface area contributed by atoms with Gasteiger partial charge in [0.25, 0.3) is 5.56 Å². The first kappa shape index (κ1) is 19.0. The fourth-order valence-electron chi connectivity index (χ4n) is 2.71. The molecule has 0 radical (unpaired) electrons. The molecule has 0 saturated carbocycles. The molecule has 0 bridgehead atoms. The number of phenolic OH excluding ortho intramolecular Hbond substituents is 1. The van der Waals surface area contributed by atoms with E-state index in [1.165, 1.54) is 23.1 Å². The van der Waals surface area contributed by atoms with Crippen molar-refractivity contribution in [3.05, 3.63) is 62.6 Å². The first-order valence-electron chi connectivity index (χ1n) is 8.44. The van der Waals surface area contributed by atoms with Gasteiger partial charge in [-0.2, -0.15) is 0 Å². The number of carboxylic acid groups (broad SMARTS) is 1. The first-order chi connectivity index (χ1) is 13.4. The van der Waals surface area contributed by atoms with E-state index in [4.69, 9.17) is 14.3 Å². The summed E-state index contributed by atoms with van der Waals surface area (Å²) >= 11 is 0. The number of nitrogens with zero attached hydrogens (tertiary/aromatic N) is 1. The van der Waals surface area contributed by atoms with Crippen molar-refractivity contribution in [3.8, 4) is 11.5 Å². The van der Waals surface area contributed by atoms with Gasteiger partial charge in [-0.05, 0) is 31.6 Å². The van der Waals surface area contributed by atoms with E-state index >= 15 is 0 Å². The molecule has 3 rings (SSSR count). The van der Waals surface area contributed by atoms with E-state index in [2.05, 4.69) is 4.98 Å². The van der Waals surface area contributed by atoms with E-state index in [0.717, 1.165) is 6.08 Å². The molecule has 3 aromatic rings. The maximum atomic E-state index is 11.8. The third kappa shape index (κ3) is 3.98. The highest BCUT2D eigenvalue weighted by atomic mass is 16.5. The highest BCUT2D eigenvalue weighted by Gasteiger charge is 2.16. The maximum Gasteiger partial charge on any atom is 0.328 e.